The van der Waals surface area contributed by atoms with Gasteiger partial charge < -0.3 is 34.6 Å². The SMILES string of the molecule is C/C(=C\C(=O)OCCCCCCCCC(=O)O)C[C@@H]1OC[C@H](C[C@@H]2O[C@H]2[C@@H](C)[C@H](C)O)[C@@H](O)[C@H]1O.[HH]. The van der Waals surface area contributed by atoms with Gasteiger partial charge in [-0.05, 0) is 39.5 Å². The third-order valence-corrected chi connectivity index (χ3v) is 7.09. The van der Waals surface area contributed by atoms with Gasteiger partial charge in [0.25, 0.3) is 0 Å². The van der Waals surface area contributed by atoms with Gasteiger partial charge in [-0.15, -0.1) is 0 Å². The van der Waals surface area contributed by atoms with Gasteiger partial charge in [-0.1, -0.05) is 38.2 Å². The van der Waals surface area contributed by atoms with E-state index in [9.17, 15) is 24.9 Å². The van der Waals surface area contributed by atoms with Gasteiger partial charge in [-0.2, -0.15) is 0 Å². The Kier molecular flexibility index (Phi) is 12.6. The number of carbonyl (C=O) groups excluding carboxylic acids is 1. The summed E-state index contributed by atoms with van der Waals surface area (Å²) in [6.45, 7) is 6.07. The maximum Gasteiger partial charge on any atom is 0.330 e. The number of hydrogen-bond acceptors (Lipinski definition) is 8. The quantitative estimate of drug-likeness (QED) is 0.108. The van der Waals surface area contributed by atoms with Gasteiger partial charge in [-0.25, -0.2) is 4.79 Å². The van der Waals surface area contributed by atoms with Gasteiger partial charge in [0, 0.05) is 25.8 Å². The van der Waals surface area contributed by atoms with Crippen molar-refractivity contribution in [2.75, 3.05) is 13.2 Å². The fourth-order valence-corrected chi connectivity index (χ4v) is 4.59. The molecule has 0 aromatic carbocycles. The summed E-state index contributed by atoms with van der Waals surface area (Å²) in [6.07, 6.45) is 4.61. The molecular formula is C26H46O9. The summed E-state index contributed by atoms with van der Waals surface area (Å²) in [4.78, 5) is 22.5. The summed E-state index contributed by atoms with van der Waals surface area (Å²) in [5.41, 5.74) is 0.708. The highest BCUT2D eigenvalue weighted by Gasteiger charge is 2.48. The fraction of sp³-hybridized carbons (Fsp3) is 0.846. The molecule has 0 amide bonds. The normalized spacial score (nSPS) is 30.5. The summed E-state index contributed by atoms with van der Waals surface area (Å²) in [6, 6.07) is 0. The highest BCUT2D eigenvalue weighted by Crippen LogP contribution is 2.38. The van der Waals surface area contributed by atoms with Crippen LogP contribution in [0.3, 0.4) is 0 Å². The molecule has 2 aliphatic rings. The second kappa shape index (κ2) is 14.9. The standard InChI is InChI=1S/C26H44O9.H2/c1-16(13-23(30)33-11-9-7-5-4-6-8-10-22(28)29)12-20-25(32)24(31)19(15-34-20)14-21-26(35-21)17(2)18(3)27;/h13,17-21,24-27,31-32H,4-12,14-15H2,1-3H3,(H,28,29);1H/b16-13+;/t17-,18-,19-,20-,21-,24+,25-,26-;/m0./s1. The molecule has 2 heterocycles. The fourth-order valence-electron chi connectivity index (χ4n) is 4.59. The number of ether oxygens (including phenoxy) is 3. The number of epoxide rings is 1. The van der Waals surface area contributed by atoms with E-state index in [1.54, 1.807) is 13.8 Å². The lowest BCUT2D eigenvalue weighted by atomic mass is 9.85. The van der Waals surface area contributed by atoms with Crippen molar-refractivity contribution in [2.45, 2.75) is 115 Å². The van der Waals surface area contributed by atoms with E-state index in [4.69, 9.17) is 19.3 Å². The Morgan fingerprint density at radius 1 is 1.06 bits per heavy atom. The van der Waals surface area contributed by atoms with Gasteiger partial charge in [0.15, 0.2) is 0 Å². The van der Waals surface area contributed by atoms with Crippen LogP contribution in [0.15, 0.2) is 11.6 Å². The molecule has 2 saturated heterocycles. The molecule has 2 fully saturated rings. The van der Waals surface area contributed by atoms with E-state index in [1.165, 1.54) is 6.08 Å². The van der Waals surface area contributed by atoms with Crippen molar-refractivity contribution in [3.8, 4) is 0 Å². The van der Waals surface area contributed by atoms with Crippen molar-refractivity contribution >= 4 is 11.9 Å². The largest absolute Gasteiger partial charge is 0.481 e. The van der Waals surface area contributed by atoms with Crippen LogP contribution in [-0.4, -0.2) is 82.2 Å². The van der Waals surface area contributed by atoms with E-state index in [0.29, 0.717) is 38.0 Å². The molecule has 2 rings (SSSR count). The second-order valence-corrected chi connectivity index (χ2v) is 10.2. The van der Waals surface area contributed by atoms with Gasteiger partial charge in [0.05, 0.1) is 43.7 Å². The zero-order valence-corrected chi connectivity index (χ0v) is 21.3. The average Bonchev–Trinajstić information content (AvgIpc) is 3.55. The predicted molar refractivity (Wildman–Crippen MR) is 131 cm³/mol. The molecule has 0 aromatic heterocycles. The number of aliphatic hydroxyl groups is 3. The van der Waals surface area contributed by atoms with E-state index in [2.05, 4.69) is 0 Å². The topological polar surface area (TPSA) is 146 Å². The Balaban J connectivity index is 0.00000648. The van der Waals surface area contributed by atoms with Crippen LogP contribution in [0.2, 0.25) is 0 Å². The van der Waals surface area contributed by atoms with Gasteiger partial charge in [0.2, 0.25) is 0 Å². The minimum Gasteiger partial charge on any atom is -0.481 e. The monoisotopic (exact) mass is 502 g/mol. The molecule has 35 heavy (non-hydrogen) atoms. The summed E-state index contributed by atoms with van der Waals surface area (Å²) >= 11 is 0. The first-order valence-electron chi connectivity index (χ1n) is 13.0. The first kappa shape index (κ1) is 29.7. The molecule has 0 radical (unpaired) electrons. The number of hydrogen-bond donors (Lipinski definition) is 4. The van der Waals surface area contributed by atoms with E-state index in [-0.39, 0.29) is 31.9 Å². The molecule has 204 valence electrons. The first-order valence-corrected chi connectivity index (χ1v) is 13.0. The number of aliphatic carboxylic acids is 1. The van der Waals surface area contributed by atoms with Crippen LogP contribution in [0.1, 0.15) is 80.0 Å². The molecule has 2 aliphatic heterocycles. The molecule has 0 unspecified atom stereocenters. The highest BCUT2D eigenvalue weighted by atomic mass is 16.6. The number of esters is 1. The number of carboxylic acids is 1. The number of aliphatic hydroxyl groups excluding tert-OH is 3. The smallest absolute Gasteiger partial charge is 0.330 e. The van der Waals surface area contributed by atoms with Crippen LogP contribution >= 0.6 is 0 Å². The van der Waals surface area contributed by atoms with Crippen LogP contribution in [0.4, 0.5) is 0 Å². The zero-order chi connectivity index (χ0) is 26.0. The molecule has 0 aromatic rings. The van der Waals surface area contributed by atoms with E-state index < -0.39 is 36.4 Å². The Bertz CT molecular complexity index is 699. The van der Waals surface area contributed by atoms with Gasteiger partial charge in [-0.3, -0.25) is 4.79 Å². The third-order valence-electron chi connectivity index (χ3n) is 7.09. The number of carboxylic acid groups (broad SMARTS) is 1. The molecule has 9 nitrogen and oxygen atoms in total. The minimum atomic E-state index is -1.06. The lowest BCUT2D eigenvalue weighted by Gasteiger charge is -2.38. The Labute approximate surface area is 209 Å². The molecule has 9 heteroatoms. The third kappa shape index (κ3) is 10.6. The van der Waals surface area contributed by atoms with Crippen LogP contribution in [0.25, 0.3) is 0 Å². The van der Waals surface area contributed by atoms with Crippen molar-refractivity contribution in [3.63, 3.8) is 0 Å². The van der Waals surface area contributed by atoms with E-state index in [0.717, 1.165) is 32.1 Å². The minimum absolute atomic E-state index is 0. The van der Waals surface area contributed by atoms with Crippen molar-refractivity contribution in [1.82, 2.24) is 0 Å². The second-order valence-electron chi connectivity index (χ2n) is 10.2. The lowest BCUT2D eigenvalue weighted by molar-refractivity contribution is -0.165. The lowest BCUT2D eigenvalue weighted by Crippen LogP contribution is -2.50. The van der Waals surface area contributed by atoms with Crippen LogP contribution < -0.4 is 0 Å². The molecule has 0 bridgehead atoms. The Morgan fingerprint density at radius 3 is 2.37 bits per heavy atom. The van der Waals surface area contributed by atoms with Gasteiger partial charge >= 0.3 is 11.9 Å². The molecule has 0 spiro atoms. The Morgan fingerprint density at radius 2 is 1.71 bits per heavy atom. The van der Waals surface area contributed by atoms with E-state index in [1.807, 2.05) is 6.92 Å². The number of carbonyl (C=O) groups is 2. The van der Waals surface area contributed by atoms with Crippen molar-refractivity contribution in [2.24, 2.45) is 11.8 Å². The van der Waals surface area contributed by atoms with Crippen LogP contribution in [0.5, 0.6) is 0 Å². The maximum atomic E-state index is 12.1. The number of rotatable bonds is 16. The predicted octanol–water partition coefficient (Wildman–Crippen LogP) is 2.84. The van der Waals surface area contributed by atoms with Crippen LogP contribution in [-0.2, 0) is 23.8 Å². The maximum absolute atomic E-state index is 12.1. The number of unbranched alkanes of at least 4 members (excludes halogenated alkanes) is 5. The van der Waals surface area contributed by atoms with Crippen LogP contribution in [0, 0.1) is 11.8 Å². The summed E-state index contributed by atoms with van der Waals surface area (Å²) in [7, 11) is 0. The summed E-state index contributed by atoms with van der Waals surface area (Å²) in [5, 5.41) is 39.5. The van der Waals surface area contributed by atoms with Crippen molar-refractivity contribution in [3.05, 3.63) is 11.6 Å². The summed E-state index contributed by atoms with van der Waals surface area (Å²) in [5.74, 6) is -1.42. The van der Waals surface area contributed by atoms with Gasteiger partial charge in [0.1, 0.15) is 6.10 Å². The first-order chi connectivity index (χ1) is 16.6. The Hall–Kier alpha value is -1.52. The molecule has 8 atom stereocenters. The highest BCUT2D eigenvalue weighted by molar-refractivity contribution is 5.82. The average molecular weight is 503 g/mol. The molecule has 4 N–H and O–H groups in total. The summed E-state index contributed by atoms with van der Waals surface area (Å²) < 4.78 is 16.7. The van der Waals surface area contributed by atoms with E-state index >= 15 is 0 Å². The molecular weight excluding hydrogens is 456 g/mol. The van der Waals surface area contributed by atoms with Crippen molar-refractivity contribution < 1.29 is 45.7 Å². The molecule has 0 aliphatic carbocycles. The molecule has 0 saturated carbocycles. The zero-order valence-electron chi connectivity index (χ0n) is 21.3. The van der Waals surface area contributed by atoms with Crippen molar-refractivity contribution in [1.29, 1.82) is 0 Å².